The molecule has 5 N–H and O–H groups in total. The minimum atomic E-state index is -5.10. The van der Waals surface area contributed by atoms with E-state index in [4.69, 9.17) is 32.7 Å². The van der Waals surface area contributed by atoms with E-state index in [1.54, 1.807) is 20.8 Å². The third kappa shape index (κ3) is 13.3. The highest BCUT2D eigenvalue weighted by Crippen LogP contribution is 2.33. The average Bonchev–Trinajstić information content (AvgIpc) is 3.04. The van der Waals surface area contributed by atoms with Crippen LogP contribution in [0.3, 0.4) is 0 Å². The molecule has 0 fully saturated rings. The normalized spacial score (nSPS) is 14.4. The molecule has 0 aromatic heterocycles. The number of carbonyl (C=O) groups excluding carboxylic acids is 4. The van der Waals surface area contributed by atoms with Crippen LogP contribution in [-0.2, 0) is 25.0 Å². The minimum absolute atomic E-state index is 0.0448. The first-order valence-electron chi connectivity index (χ1n) is 16.1. The smallest absolute Gasteiger partial charge is 0.416 e. The van der Waals surface area contributed by atoms with Gasteiger partial charge in [0.2, 0.25) is 11.8 Å². The number of rotatable bonds is 16. The molecule has 4 amide bonds. The van der Waals surface area contributed by atoms with Crippen molar-refractivity contribution in [3.8, 4) is 5.75 Å². The van der Waals surface area contributed by atoms with Crippen LogP contribution < -0.4 is 26.0 Å². The standard InChI is InChI=1S/C34H43Cl2F5N4O7/c1-18(2)25(27(46)34(39,40)41)44-29(48)26(19-10-13-21(51-6)14-11-19)45-28(47)24(9-7-8-16-42-31(50)52-32(3,4)5)43-30(49)33(37,38)20-12-15-22(35)23(36)17-20/h10-15,17-18,24-27,46H,7-9,16H2,1-6H3,(H,42,50)(H,43,49)(H,44,48)(H,45,47)/t24-,25-,26-,27-/m0/s1. The van der Waals surface area contributed by atoms with Gasteiger partial charge in [-0.2, -0.15) is 22.0 Å². The zero-order valence-corrected chi connectivity index (χ0v) is 30.8. The lowest BCUT2D eigenvalue weighted by molar-refractivity contribution is -0.215. The molecule has 0 spiro atoms. The van der Waals surface area contributed by atoms with Gasteiger partial charge in [0.05, 0.1) is 23.2 Å². The van der Waals surface area contributed by atoms with Crippen LogP contribution in [0.15, 0.2) is 42.5 Å². The predicted molar refractivity (Wildman–Crippen MR) is 183 cm³/mol. The summed E-state index contributed by atoms with van der Waals surface area (Å²) in [6.45, 7) is 7.69. The summed E-state index contributed by atoms with van der Waals surface area (Å²) in [7, 11) is 1.36. The Hall–Kier alpha value is -3.89. The van der Waals surface area contributed by atoms with Crippen LogP contribution in [0.5, 0.6) is 5.75 Å². The Balaban J connectivity index is 2.42. The van der Waals surface area contributed by atoms with Crippen LogP contribution in [0.2, 0.25) is 10.0 Å². The topological polar surface area (TPSA) is 155 Å². The number of unbranched alkanes of at least 4 members (excludes halogenated alkanes) is 1. The monoisotopic (exact) mass is 784 g/mol. The van der Waals surface area contributed by atoms with Gasteiger partial charge in [-0.1, -0.05) is 55.2 Å². The minimum Gasteiger partial charge on any atom is -0.497 e. The summed E-state index contributed by atoms with van der Waals surface area (Å²) >= 11 is 11.7. The summed E-state index contributed by atoms with van der Waals surface area (Å²) in [5, 5.41) is 18.7. The molecule has 2 aromatic rings. The van der Waals surface area contributed by atoms with Crippen molar-refractivity contribution < 1.29 is 55.7 Å². The number of methoxy groups -OCH3 is 1. The van der Waals surface area contributed by atoms with Gasteiger partial charge < -0.3 is 35.8 Å². The van der Waals surface area contributed by atoms with E-state index in [2.05, 4.69) is 16.0 Å². The molecule has 11 nitrogen and oxygen atoms in total. The van der Waals surface area contributed by atoms with Gasteiger partial charge in [-0.25, -0.2) is 4.79 Å². The number of aliphatic hydroxyl groups is 1. The molecule has 52 heavy (non-hydrogen) atoms. The Morgan fingerprint density at radius 3 is 1.98 bits per heavy atom. The molecule has 2 aromatic carbocycles. The van der Waals surface area contributed by atoms with Crippen molar-refractivity contribution in [2.45, 2.75) is 95.8 Å². The van der Waals surface area contributed by atoms with Gasteiger partial charge in [-0.15, -0.1) is 0 Å². The van der Waals surface area contributed by atoms with E-state index in [0.717, 1.165) is 18.2 Å². The molecule has 0 unspecified atom stereocenters. The van der Waals surface area contributed by atoms with Gasteiger partial charge >= 0.3 is 18.2 Å². The first-order chi connectivity index (χ1) is 24.0. The molecule has 290 valence electrons. The molecular formula is C34H43Cl2F5N4O7. The Labute approximate surface area is 308 Å². The Morgan fingerprint density at radius 2 is 1.46 bits per heavy atom. The number of alkyl carbamates (subject to hydrolysis) is 1. The molecule has 0 saturated heterocycles. The number of hydrogen-bond acceptors (Lipinski definition) is 7. The largest absolute Gasteiger partial charge is 0.497 e. The quantitative estimate of drug-likeness (QED) is 0.100. The van der Waals surface area contributed by atoms with Crippen molar-refractivity contribution in [1.29, 1.82) is 0 Å². The fraction of sp³-hybridized carbons (Fsp3) is 0.529. The number of benzene rings is 2. The summed E-state index contributed by atoms with van der Waals surface area (Å²) in [6.07, 6.45) is -8.82. The zero-order valence-electron chi connectivity index (χ0n) is 29.3. The van der Waals surface area contributed by atoms with Crippen molar-refractivity contribution in [2.75, 3.05) is 13.7 Å². The Kier molecular flexibility index (Phi) is 16.0. The van der Waals surface area contributed by atoms with E-state index in [9.17, 15) is 37.5 Å². The van der Waals surface area contributed by atoms with Crippen LogP contribution in [0.1, 0.15) is 71.0 Å². The maximum absolute atomic E-state index is 15.4. The number of halogens is 7. The average molecular weight is 786 g/mol. The van der Waals surface area contributed by atoms with Crippen molar-refractivity contribution in [3.63, 3.8) is 0 Å². The highest BCUT2D eigenvalue weighted by molar-refractivity contribution is 6.42. The van der Waals surface area contributed by atoms with E-state index in [1.165, 1.54) is 45.2 Å². The lowest BCUT2D eigenvalue weighted by atomic mass is 9.96. The second-order valence-electron chi connectivity index (χ2n) is 13.1. The van der Waals surface area contributed by atoms with Crippen molar-refractivity contribution >= 4 is 47.0 Å². The summed E-state index contributed by atoms with van der Waals surface area (Å²) in [5.41, 5.74) is -1.56. The maximum atomic E-state index is 15.4. The SMILES string of the molecule is COc1ccc([C@H](NC(=O)[C@H](CCCCNC(=O)OC(C)(C)C)NC(=O)C(F)(F)c2ccc(Cl)c(Cl)c2)C(=O)N[C@@H](C(C)C)[C@H](O)C(F)(F)F)cc1. The fourth-order valence-corrected chi connectivity index (χ4v) is 5.02. The van der Waals surface area contributed by atoms with Crippen LogP contribution >= 0.6 is 23.2 Å². The van der Waals surface area contributed by atoms with Gasteiger partial charge in [0, 0.05) is 12.1 Å². The third-order valence-corrected chi connectivity index (χ3v) is 8.22. The summed E-state index contributed by atoms with van der Waals surface area (Å²) in [5.74, 6) is -9.05. The predicted octanol–water partition coefficient (Wildman–Crippen LogP) is 6.20. The number of alkyl halides is 5. The molecule has 0 bridgehead atoms. The van der Waals surface area contributed by atoms with Crippen LogP contribution in [0.25, 0.3) is 0 Å². The number of aliphatic hydroxyl groups excluding tert-OH is 1. The number of amides is 4. The van der Waals surface area contributed by atoms with Crippen LogP contribution in [0, 0.1) is 5.92 Å². The highest BCUT2D eigenvalue weighted by atomic mass is 35.5. The van der Waals surface area contributed by atoms with Gasteiger partial charge in [-0.05, 0) is 75.8 Å². The number of ether oxygens (including phenoxy) is 2. The zero-order chi connectivity index (χ0) is 39.6. The molecule has 0 saturated carbocycles. The van der Waals surface area contributed by atoms with E-state index in [1.807, 2.05) is 5.32 Å². The Bertz CT molecular complexity index is 1540. The first-order valence-corrected chi connectivity index (χ1v) is 16.8. The molecule has 18 heteroatoms. The van der Waals surface area contributed by atoms with Gasteiger partial charge in [-0.3, -0.25) is 14.4 Å². The van der Waals surface area contributed by atoms with E-state index in [-0.39, 0.29) is 41.4 Å². The number of hydrogen-bond donors (Lipinski definition) is 5. The molecule has 0 aliphatic heterocycles. The fourth-order valence-electron chi connectivity index (χ4n) is 4.72. The second-order valence-corrected chi connectivity index (χ2v) is 13.9. The molecule has 0 radical (unpaired) electrons. The summed E-state index contributed by atoms with van der Waals surface area (Å²) in [6, 6.07) is 2.89. The van der Waals surface area contributed by atoms with Crippen molar-refractivity contribution in [2.24, 2.45) is 5.92 Å². The lowest BCUT2D eigenvalue weighted by Gasteiger charge is -2.31. The first kappa shape index (κ1) is 44.3. The molecule has 0 aliphatic rings. The van der Waals surface area contributed by atoms with E-state index >= 15 is 8.78 Å². The molecular weight excluding hydrogens is 742 g/mol. The molecule has 0 heterocycles. The Morgan fingerprint density at radius 1 is 0.846 bits per heavy atom. The number of carbonyl (C=O) groups is 4. The van der Waals surface area contributed by atoms with E-state index in [0.29, 0.717) is 5.75 Å². The highest BCUT2D eigenvalue weighted by Gasteiger charge is 2.46. The molecule has 4 atom stereocenters. The van der Waals surface area contributed by atoms with Gasteiger partial charge in [0.25, 0.3) is 5.91 Å². The molecule has 2 rings (SSSR count). The van der Waals surface area contributed by atoms with Crippen LogP contribution in [0.4, 0.5) is 26.7 Å². The van der Waals surface area contributed by atoms with Crippen molar-refractivity contribution in [3.05, 3.63) is 63.6 Å². The van der Waals surface area contributed by atoms with E-state index < -0.39 is 77.2 Å². The number of nitrogens with one attached hydrogen (secondary N) is 4. The third-order valence-electron chi connectivity index (χ3n) is 7.48. The maximum Gasteiger partial charge on any atom is 0.416 e. The lowest BCUT2D eigenvalue weighted by Crippen LogP contribution is -2.56. The van der Waals surface area contributed by atoms with Crippen LogP contribution in [-0.4, -0.2) is 72.5 Å². The molecule has 0 aliphatic carbocycles. The van der Waals surface area contributed by atoms with Gasteiger partial charge in [0.15, 0.2) is 6.10 Å². The summed E-state index contributed by atoms with van der Waals surface area (Å²) in [4.78, 5) is 52.3. The second kappa shape index (κ2) is 18.7. The van der Waals surface area contributed by atoms with Crippen molar-refractivity contribution in [1.82, 2.24) is 21.3 Å². The van der Waals surface area contributed by atoms with Gasteiger partial charge in [0.1, 0.15) is 23.4 Å². The summed E-state index contributed by atoms with van der Waals surface area (Å²) < 4.78 is 81.4.